The third-order valence-electron chi connectivity index (χ3n) is 7.53. The molecule has 2 saturated carbocycles. The van der Waals surface area contributed by atoms with Crippen LogP contribution in [0.15, 0.2) is 24.3 Å². The van der Waals surface area contributed by atoms with Crippen molar-refractivity contribution in [1.29, 1.82) is 0 Å². The summed E-state index contributed by atoms with van der Waals surface area (Å²) in [6, 6.07) is 8.30. The van der Waals surface area contributed by atoms with E-state index in [0.717, 1.165) is 24.9 Å². The van der Waals surface area contributed by atoms with E-state index in [2.05, 4.69) is 42.8 Å². The Morgan fingerprint density at radius 2 is 1.88 bits per heavy atom. The first-order valence-corrected chi connectivity index (χ1v) is 9.70. The lowest BCUT2D eigenvalue weighted by Crippen LogP contribution is -2.54. The number of anilines is 1. The minimum absolute atomic E-state index is 0.126. The zero-order valence-corrected chi connectivity index (χ0v) is 16.3. The van der Waals surface area contributed by atoms with Crippen molar-refractivity contribution in [3.8, 4) is 0 Å². The number of hydrogen-bond acceptors (Lipinski definition) is 2. The van der Waals surface area contributed by atoms with Gasteiger partial charge in [-0.05, 0) is 43.2 Å². The van der Waals surface area contributed by atoms with E-state index in [1.54, 1.807) is 0 Å². The maximum atomic E-state index is 13.9. The third-order valence-corrected chi connectivity index (χ3v) is 8.73. The van der Waals surface area contributed by atoms with Crippen molar-refractivity contribution < 1.29 is 9.59 Å². The molecule has 0 aromatic heterocycles. The normalized spacial score (nSPS) is 39.4. The van der Waals surface area contributed by atoms with Crippen molar-refractivity contribution in [1.82, 2.24) is 0 Å². The van der Waals surface area contributed by atoms with Crippen LogP contribution in [-0.2, 0) is 16.0 Å². The van der Waals surface area contributed by atoms with Gasteiger partial charge in [-0.25, -0.2) is 0 Å². The molecule has 1 aromatic rings. The fraction of sp³-hybridized carbons (Fsp3) is 0.600. The summed E-state index contributed by atoms with van der Waals surface area (Å²) in [5.74, 6) is 0.327. The Labute approximate surface area is 151 Å². The molecule has 1 aromatic carbocycles. The number of carbonyl (C=O) groups is 2. The van der Waals surface area contributed by atoms with Crippen LogP contribution in [0.3, 0.4) is 0 Å². The first kappa shape index (κ1) is 16.3. The van der Waals surface area contributed by atoms with Crippen LogP contribution in [-0.4, -0.2) is 22.6 Å². The van der Waals surface area contributed by atoms with Gasteiger partial charge in [0.25, 0.3) is 0 Å². The number of ketones is 1. The van der Waals surface area contributed by atoms with Gasteiger partial charge in [-0.3, -0.25) is 9.59 Å². The first-order valence-electron chi connectivity index (χ1n) is 8.78. The van der Waals surface area contributed by atoms with E-state index in [4.69, 9.17) is 0 Å². The number of Topliss-reactive ketones (excluding diaryl/α,β-unsaturated/α-hetero) is 1. The summed E-state index contributed by atoms with van der Waals surface area (Å²) in [6.07, 6.45) is 2.47. The molecule has 0 N–H and O–H groups in total. The van der Waals surface area contributed by atoms with Crippen LogP contribution in [0, 0.1) is 16.2 Å². The minimum Gasteiger partial charge on any atom is -0.308 e. The summed E-state index contributed by atoms with van der Waals surface area (Å²) < 4.78 is 0. The average Bonchev–Trinajstić information content (AvgIpc) is 3.01. The number of carbonyl (C=O) groups excluding carboxylic acids is 2. The molecule has 2 fully saturated rings. The van der Waals surface area contributed by atoms with Crippen LogP contribution >= 0.6 is 15.9 Å². The maximum absolute atomic E-state index is 13.9. The molecule has 2 bridgehead atoms. The van der Waals surface area contributed by atoms with Gasteiger partial charge in [-0.2, -0.15) is 0 Å². The topological polar surface area (TPSA) is 37.4 Å². The van der Waals surface area contributed by atoms with Gasteiger partial charge in [0.05, 0.1) is 10.2 Å². The Morgan fingerprint density at radius 3 is 2.50 bits per heavy atom. The summed E-state index contributed by atoms with van der Waals surface area (Å²) >= 11 is 3.64. The fourth-order valence-electron chi connectivity index (χ4n) is 5.52. The number of amides is 1. The van der Waals surface area contributed by atoms with Gasteiger partial charge in [0.2, 0.25) is 5.91 Å². The molecular formula is C20H24BrNO2. The van der Waals surface area contributed by atoms with Crippen molar-refractivity contribution in [3.63, 3.8) is 0 Å². The number of para-hydroxylation sites is 1. The monoisotopic (exact) mass is 389 g/mol. The first-order chi connectivity index (χ1) is 11.2. The second-order valence-corrected chi connectivity index (χ2v) is 9.43. The minimum atomic E-state index is -0.648. The summed E-state index contributed by atoms with van der Waals surface area (Å²) in [7, 11) is 0. The fourth-order valence-corrected chi connectivity index (χ4v) is 7.02. The van der Waals surface area contributed by atoms with Crippen molar-refractivity contribution in [2.75, 3.05) is 4.90 Å². The van der Waals surface area contributed by atoms with Crippen molar-refractivity contribution >= 4 is 33.3 Å². The van der Waals surface area contributed by atoms with E-state index < -0.39 is 10.8 Å². The summed E-state index contributed by atoms with van der Waals surface area (Å²) in [5.41, 5.74) is 0.834. The van der Waals surface area contributed by atoms with Crippen molar-refractivity contribution in [2.24, 2.45) is 16.2 Å². The highest BCUT2D eigenvalue weighted by atomic mass is 79.9. The highest BCUT2D eigenvalue weighted by molar-refractivity contribution is 9.10. The van der Waals surface area contributed by atoms with Crippen LogP contribution in [0.25, 0.3) is 0 Å². The number of nitrogens with zero attached hydrogens (tertiary/aromatic N) is 1. The smallest absolute Gasteiger partial charge is 0.235 e. The molecule has 128 valence electrons. The number of hydrogen-bond donors (Lipinski definition) is 0. The van der Waals surface area contributed by atoms with E-state index >= 15 is 0 Å². The van der Waals surface area contributed by atoms with E-state index in [-0.39, 0.29) is 28.0 Å². The molecule has 3 aliphatic rings. The number of rotatable bonds is 1. The van der Waals surface area contributed by atoms with Gasteiger partial charge in [0.15, 0.2) is 5.78 Å². The molecule has 0 radical (unpaired) electrons. The molecule has 0 saturated heterocycles. The molecule has 24 heavy (non-hydrogen) atoms. The second-order valence-electron chi connectivity index (χ2n) is 8.51. The second kappa shape index (κ2) is 4.72. The van der Waals surface area contributed by atoms with Gasteiger partial charge in [0, 0.05) is 17.1 Å². The predicted octanol–water partition coefficient (Wildman–Crippen LogP) is 4.12. The van der Waals surface area contributed by atoms with E-state index in [1.165, 1.54) is 5.56 Å². The standard InChI is InChI=1S/C20H24BrNO2/c1-12-11-13-7-5-6-8-14(13)22(12)17(24)20-10-9-19(4,18(20,2)3)16(23)15(20)21/h5-8,12,15H,9-11H2,1-4H3/t12-,15+,19+,20-/m1/s1. The zero-order valence-electron chi connectivity index (χ0n) is 14.7. The molecule has 1 amide bonds. The van der Waals surface area contributed by atoms with Gasteiger partial charge in [-0.1, -0.05) is 54.9 Å². The number of alkyl halides is 1. The Bertz CT molecular complexity index is 758. The molecule has 0 spiro atoms. The van der Waals surface area contributed by atoms with Crippen LogP contribution in [0.2, 0.25) is 0 Å². The zero-order chi connectivity index (χ0) is 17.5. The molecule has 4 heteroatoms. The lowest BCUT2D eigenvalue weighted by atomic mass is 9.64. The predicted molar refractivity (Wildman–Crippen MR) is 98.4 cm³/mol. The van der Waals surface area contributed by atoms with Crippen LogP contribution < -0.4 is 4.90 Å². The van der Waals surface area contributed by atoms with Gasteiger partial charge in [0.1, 0.15) is 0 Å². The van der Waals surface area contributed by atoms with Gasteiger partial charge < -0.3 is 4.90 Å². The SMILES string of the molecule is C[C@@H]1Cc2ccccc2N1C(=O)[C@@]12CC[C@@](C)(C(=O)[C@@H]1Br)C2(C)C. The Kier molecular flexibility index (Phi) is 3.21. The van der Waals surface area contributed by atoms with Crippen molar-refractivity contribution in [2.45, 2.75) is 57.8 Å². The summed E-state index contributed by atoms with van der Waals surface area (Å²) in [4.78, 5) is 28.4. The van der Waals surface area contributed by atoms with Gasteiger partial charge in [-0.15, -0.1) is 0 Å². The Hall–Kier alpha value is -1.16. The third kappa shape index (κ3) is 1.55. The molecule has 1 heterocycles. The van der Waals surface area contributed by atoms with E-state index in [0.29, 0.717) is 0 Å². The molecule has 4 rings (SSSR count). The molecule has 0 unspecified atom stereocenters. The van der Waals surface area contributed by atoms with E-state index in [9.17, 15) is 9.59 Å². The lowest BCUT2D eigenvalue weighted by molar-refractivity contribution is -0.133. The quantitative estimate of drug-likeness (QED) is 0.677. The van der Waals surface area contributed by atoms with Crippen LogP contribution in [0.5, 0.6) is 0 Å². The van der Waals surface area contributed by atoms with Crippen molar-refractivity contribution in [3.05, 3.63) is 29.8 Å². The number of halogens is 1. The maximum Gasteiger partial charge on any atom is 0.235 e. The molecular weight excluding hydrogens is 366 g/mol. The Balaban J connectivity index is 1.85. The molecule has 4 atom stereocenters. The Morgan fingerprint density at radius 1 is 1.21 bits per heavy atom. The molecule has 3 nitrogen and oxygen atoms in total. The largest absolute Gasteiger partial charge is 0.308 e. The average molecular weight is 390 g/mol. The number of benzene rings is 1. The molecule has 2 aliphatic carbocycles. The summed E-state index contributed by atoms with van der Waals surface area (Å²) in [6.45, 7) is 8.39. The van der Waals surface area contributed by atoms with Crippen LogP contribution in [0.1, 0.15) is 46.1 Å². The lowest BCUT2D eigenvalue weighted by Gasteiger charge is -2.43. The highest BCUT2D eigenvalue weighted by Gasteiger charge is 2.77. The van der Waals surface area contributed by atoms with E-state index in [1.807, 2.05) is 30.0 Å². The van der Waals surface area contributed by atoms with Crippen LogP contribution in [0.4, 0.5) is 5.69 Å². The summed E-state index contributed by atoms with van der Waals surface area (Å²) in [5, 5.41) is 0. The highest BCUT2D eigenvalue weighted by Crippen LogP contribution is 2.72. The number of fused-ring (bicyclic) bond motifs is 3. The molecule has 1 aliphatic heterocycles. The van der Waals surface area contributed by atoms with Gasteiger partial charge >= 0.3 is 0 Å².